The van der Waals surface area contributed by atoms with Crippen LogP contribution >= 0.6 is 11.6 Å². The average molecular weight is 372 g/mol. The van der Waals surface area contributed by atoms with Gasteiger partial charge in [-0.15, -0.1) is 0 Å². The number of hydrogen-bond acceptors (Lipinski definition) is 3. The monoisotopic (exact) mass is 371 g/mol. The number of carbonyl (C=O) groups excluding carboxylic acids is 1. The molecule has 0 aliphatic heterocycles. The molecule has 0 aliphatic carbocycles. The second kappa shape index (κ2) is 7.74. The van der Waals surface area contributed by atoms with Crippen LogP contribution < -0.4 is 10.6 Å². The molecule has 0 fully saturated rings. The molecule has 1 aromatic heterocycles. The first-order chi connectivity index (χ1) is 11.7. The van der Waals surface area contributed by atoms with Crippen molar-refractivity contribution < 1.29 is 18.0 Å². The molecule has 1 unspecified atom stereocenters. The van der Waals surface area contributed by atoms with Crippen LogP contribution in [0.4, 0.5) is 24.7 Å². The van der Waals surface area contributed by atoms with Crippen LogP contribution in [0.1, 0.15) is 36.2 Å². The van der Waals surface area contributed by atoms with Crippen LogP contribution in [-0.2, 0) is 6.18 Å². The number of benzene rings is 1. The number of pyridine rings is 1. The van der Waals surface area contributed by atoms with E-state index in [0.717, 1.165) is 18.6 Å². The molecule has 2 N–H and O–H groups in total. The fraction of sp³-hybridized carbons (Fsp3) is 0.294. The number of halogens is 4. The van der Waals surface area contributed by atoms with Gasteiger partial charge in [0.05, 0.1) is 21.8 Å². The number of amides is 1. The first-order valence-corrected chi connectivity index (χ1v) is 7.99. The van der Waals surface area contributed by atoms with E-state index in [0.29, 0.717) is 5.56 Å². The fourth-order valence-electron chi connectivity index (χ4n) is 1.95. The van der Waals surface area contributed by atoms with E-state index in [1.54, 1.807) is 0 Å². The molecular formula is C17H17ClF3N3O. The molecule has 0 radical (unpaired) electrons. The summed E-state index contributed by atoms with van der Waals surface area (Å²) in [7, 11) is 0. The zero-order chi connectivity index (χ0) is 18.6. The summed E-state index contributed by atoms with van der Waals surface area (Å²) in [5.41, 5.74) is -0.370. The van der Waals surface area contributed by atoms with E-state index in [1.807, 2.05) is 13.8 Å². The zero-order valence-electron chi connectivity index (χ0n) is 13.6. The van der Waals surface area contributed by atoms with E-state index in [1.165, 1.54) is 24.4 Å². The Balaban J connectivity index is 2.15. The third kappa shape index (κ3) is 5.09. The Morgan fingerprint density at radius 3 is 2.56 bits per heavy atom. The third-order valence-electron chi connectivity index (χ3n) is 3.57. The molecule has 1 atom stereocenters. The summed E-state index contributed by atoms with van der Waals surface area (Å²) in [5, 5.41) is 5.66. The first-order valence-electron chi connectivity index (χ1n) is 7.61. The molecule has 0 saturated heterocycles. The van der Waals surface area contributed by atoms with Crippen LogP contribution in [0.25, 0.3) is 0 Å². The van der Waals surface area contributed by atoms with Crippen molar-refractivity contribution >= 4 is 29.0 Å². The molecule has 134 valence electrons. The van der Waals surface area contributed by atoms with Gasteiger partial charge in [-0.05, 0) is 43.7 Å². The molecular weight excluding hydrogens is 355 g/mol. The maximum Gasteiger partial charge on any atom is 0.416 e. The van der Waals surface area contributed by atoms with Gasteiger partial charge in [0.15, 0.2) is 0 Å². The number of alkyl halides is 3. The summed E-state index contributed by atoms with van der Waals surface area (Å²) in [6.45, 7) is 3.84. The van der Waals surface area contributed by atoms with Crippen molar-refractivity contribution in [2.24, 2.45) is 0 Å². The molecule has 8 heteroatoms. The van der Waals surface area contributed by atoms with Gasteiger partial charge in [0.1, 0.15) is 5.82 Å². The van der Waals surface area contributed by atoms with Crippen LogP contribution in [0.2, 0.25) is 5.02 Å². The number of aromatic nitrogens is 1. The average Bonchev–Trinajstić information content (AvgIpc) is 2.56. The minimum Gasteiger partial charge on any atom is -0.350 e. The summed E-state index contributed by atoms with van der Waals surface area (Å²) in [4.78, 5) is 16.0. The second-order valence-electron chi connectivity index (χ2n) is 5.53. The molecule has 2 rings (SSSR count). The van der Waals surface area contributed by atoms with Gasteiger partial charge in [-0.3, -0.25) is 4.79 Å². The molecule has 1 aromatic carbocycles. The van der Waals surface area contributed by atoms with Crippen molar-refractivity contribution in [3.63, 3.8) is 0 Å². The lowest BCUT2D eigenvalue weighted by molar-refractivity contribution is -0.137. The predicted octanol–water partition coefficient (Wildman–Crippen LogP) is 5.03. The van der Waals surface area contributed by atoms with Crippen LogP contribution in [0.3, 0.4) is 0 Å². The minimum absolute atomic E-state index is 0.0363. The Morgan fingerprint density at radius 1 is 1.28 bits per heavy atom. The van der Waals surface area contributed by atoms with Crippen molar-refractivity contribution in [1.82, 2.24) is 10.3 Å². The Hall–Kier alpha value is -2.28. The smallest absolute Gasteiger partial charge is 0.350 e. The number of hydrogen-bond donors (Lipinski definition) is 2. The van der Waals surface area contributed by atoms with E-state index >= 15 is 0 Å². The van der Waals surface area contributed by atoms with Crippen molar-refractivity contribution in [3.8, 4) is 0 Å². The summed E-state index contributed by atoms with van der Waals surface area (Å²) in [6.07, 6.45) is -2.32. The van der Waals surface area contributed by atoms with Crippen LogP contribution in [0, 0.1) is 0 Å². The van der Waals surface area contributed by atoms with Crippen molar-refractivity contribution in [3.05, 3.63) is 52.7 Å². The van der Waals surface area contributed by atoms with Gasteiger partial charge < -0.3 is 10.6 Å². The first kappa shape index (κ1) is 19.1. The molecule has 0 aliphatic rings. The summed E-state index contributed by atoms with van der Waals surface area (Å²) >= 11 is 5.93. The third-order valence-corrected chi connectivity index (χ3v) is 3.90. The largest absolute Gasteiger partial charge is 0.416 e. The van der Waals surface area contributed by atoms with Gasteiger partial charge in [0, 0.05) is 12.2 Å². The SMILES string of the molecule is CCC(C)NC(=O)c1ccc(Nc2cc(C(F)(F)F)ccc2Cl)nc1. The number of nitrogens with one attached hydrogen (secondary N) is 2. The lowest BCUT2D eigenvalue weighted by atomic mass is 10.2. The molecule has 25 heavy (non-hydrogen) atoms. The van der Waals surface area contributed by atoms with Gasteiger partial charge >= 0.3 is 6.18 Å². The molecule has 0 saturated carbocycles. The van der Waals surface area contributed by atoms with Gasteiger partial charge in [-0.25, -0.2) is 4.98 Å². The van der Waals surface area contributed by atoms with Crippen molar-refractivity contribution in [2.75, 3.05) is 5.32 Å². The van der Waals surface area contributed by atoms with E-state index in [9.17, 15) is 18.0 Å². The summed E-state index contributed by atoms with van der Waals surface area (Å²) in [5.74, 6) is 0.0202. The van der Waals surface area contributed by atoms with Crippen molar-refractivity contribution in [1.29, 1.82) is 0 Å². The minimum atomic E-state index is -4.47. The maximum absolute atomic E-state index is 12.8. The highest BCUT2D eigenvalue weighted by Gasteiger charge is 2.31. The van der Waals surface area contributed by atoms with Crippen molar-refractivity contribution in [2.45, 2.75) is 32.5 Å². The highest BCUT2D eigenvalue weighted by Crippen LogP contribution is 2.34. The fourth-order valence-corrected chi connectivity index (χ4v) is 2.11. The number of carbonyl (C=O) groups is 1. The lowest BCUT2D eigenvalue weighted by Gasteiger charge is -2.13. The highest BCUT2D eigenvalue weighted by atomic mass is 35.5. The zero-order valence-corrected chi connectivity index (χ0v) is 14.4. The van der Waals surface area contributed by atoms with Gasteiger partial charge in [0.2, 0.25) is 0 Å². The van der Waals surface area contributed by atoms with Crippen LogP contribution in [0.5, 0.6) is 0 Å². The van der Waals surface area contributed by atoms with Gasteiger partial charge in [-0.2, -0.15) is 13.2 Å². The standard InChI is InChI=1S/C17H17ClF3N3O/c1-3-10(2)23-16(25)11-4-7-15(22-9-11)24-14-8-12(17(19,20)21)5-6-13(14)18/h4-10H,3H2,1-2H3,(H,22,24)(H,23,25). The maximum atomic E-state index is 12.8. The number of nitrogens with zero attached hydrogens (tertiary/aromatic N) is 1. The summed E-state index contributed by atoms with van der Waals surface area (Å²) in [6, 6.07) is 6.06. The number of anilines is 2. The molecule has 2 aromatic rings. The topological polar surface area (TPSA) is 54.0 Å². The number of rotatable bonds is 5. The molecule has 0 spiro atoms. The van der Waals surface area contributed by atoms with Crippen LogP contribution in [-0.4, -0.2) is 16.9 Å². The quantitative estimate of drug-likeness (QED) is 0.775. The molecule has 0 bridgehead atoms. The van der Waals surface area contributed by atoms with Gasteiger partial charge in [0.25, 0.3) is 5.91 Å². The Bertz CT molecular complexity index is 748. The Kier molecular flexibility index (Phi) is 5.89. The lowest BCUT2D eigenvalue weighted by Crippen LogP contribution is -2.31. The summed E-state index contributed by atoms with van der Waals surface area (Å²) < 4.78 is 38.3. The Labute approximate surface area is 148 Å². The van der Waals surface area contributed by atoms with Crippen LogP contribution in [0.15, 0.2) is 36.5 Å². The molecule has 1 heterocycles. The van der Waals surface area contributed by atoms with E-state index < -0.39 is 11.7 Å². The molecule has 1 amide bonds. The normalized spacial score (nSPS) is 12.6. The predicted molar refractivity (Wildman–Crippen MR) is 91.2 cm³/mol. The Morgan fingerprint density at radius 2 is 2.00 bits per heavy atom. The van der Waals surface area contributed by atoms with E-state index in [4.69, 9.17) is 11.6 Å². The molecule has 4 nitrogen and oxygen atoms in total. The second-order valence-corrected chi connectivity index (χ2v) is 5.94. The van der Waals surface area contributed by atoms with E-state index in [-0.39, 0.29) is 28.5 Å². The van der Waals surface area contributed by atoms with Gasteiger partial charge in [-0.1, -0.05) is 18.5 Å². The highest BCUT2D eigenvalue weighted by molar-refractivity contribution is 6.33. The van der Waals surface area contributed by atoms with E-state index in [2.05, 4.69) is 15.6 Å².